The monoisotopic (exact) mass is 300 g/mol. The van der Waals surface area contributed by atoms with Gasteiger partial charge in [-0.1, -0.05) is 0 Å². The van der Waals surface area contributed by atoms with Crippen molar-refractivity contribution in [2.24, 2.45) is 7.05 Å². The van der Waals surface area contributed by atoms with Crippen molar-refractivity contribution in [2.45, 2.75) is 6.61 Å². The normalized spacial score (nSPS) is 10.6. The molecule has 0 atom stereocenters. The first-order valence-corrected chi connectivity index (χ1v) is 6.62. The number of aromatic nitrogens is 2. The van der Waals surface area contributed by atoms with Crippen LogP contribution in [0.25, 0.3) is 11.3 Å². The number of benzene rings is 1. The van der Waals surface area contributed by atoms with Crippen molar-refractivity contribution in [1.29, 1.82) is 0 Å². The van der Waals surface area contributed by atoms with E-state index in [2.05, 4.69) is 5.10 Å². The van der Waals surface area contributed by atoms with Crippen molar-refractivity contribution in [2.75, 3.05) is 0 Å². The Morgan fingerprint density at radius 3 is 2.82 bits per heavy atom. The topological polar surface area (TPSA) is 57.3 Å². The molecule has 0 saturated heterocycles. The molecule has 0 bridgehead atoms. The Bertz CT molecular complexity index is 807. The van der Waals surface area contributed by atoms with Crippen LogP contribution in [0.4, 0.5) is 4.39 Å². The van der Waals surface area contributed by atoms with Gasteiger partial charge in [-0.15, -0.1) is 0 Å². The molecule has 0 unspecified atom stereocenters. The Kier molecular flexibility index (Phi) is 3.74. The van der Waals surface area contributed by atoms with E-state index in [9.17, 15) is 9.18 Å². The molecule has 0 aliphatic carbocycles. The maximum absolute atomic E-state index is 14.1. The van der Waals surface area contributed by atoms with Gasteiger partial charge >= 0.3 is 0 Å². The van der Waals surface area contributed by atoms with Gasteiger partial charge in [-0.2, -0.15) is 5.10 Å². The third-order valence-corrected chi connectivity index (χ3v) is 3.26. The van der Waals surface area contributed by atoms with Gasteiger partial charge in [0.25, 0.3) is 0 Å². The molecule has 0 saturated carbocycles. The fourth-order valence-electron chi connectivity index (χ4n) is 2.04. The Balaban J connectivity index is 1.77. The quantitative estimate of drug-likeness (QED) is 0.679. The first-order valence-electron chi connectivity index (χ1n) is 6.62. The van der Waals surface area contributed by atoms with E-state index in [1.807, 2.05) is 0 Å². The fourth-order valence-corrected chi connectivity index (χ4v) is 2.04. The summed E-state index contributed by atoms with van der Waals surface area (Å²) in [6, 6.07) is 9.48. The van der Waals surface area contributed by atoms with E-state index in [0.29, 0.717) is 17.6 Å². The summed E-state index contributed by atoms with van der Waals surface area (Å²) in [4.78, 5) is 10.6. The zero-order chi connectivity index (χ0) is 15.5. The third-order valence-electron chi connectivity index (χ3n) is 3.26. The predicted molar refractivity (Wildman–Crippen MR) is 77.0 cm³/mol. The molecule has 2 aromatic heterocycles. The third kappa shape index (κ3) is 2.76. The van der Waals surface area contributed by atoms with Gasteiger partial charge in [0.05, 0.1) is 5.69 Å². The van der Waals surface area contributed by atoms with Gasteiger partial charge in [-0.05, 0) is 36.4 Å². The van der Waals surface area contributed by atoms with Gasteiger partial charge in [0.2, 0.25) is 0 Å². The fraction of sp³-hybridized carbons (Fsp3) is 0.125. The first-order chi connectivity index (χ1) is 10.7. The Labute approximate surface area is 125 Å². The lowest BCUT2D eigenvalue weighted by molar-refractivity contribution is 0.110. The maximum atomic E-state index is 14.1. The molecule has 112 valence electrons. The van der Waals surface area contributed by atoms with Crippen molar-refractivity contribution < 1.29 is 18.3 Å². The van der Waals surface area contributed by atoms with Gasteiger partial charge < -0.3 is 9.15 Å². The van der Waals surface area contributed by atoms with Crippen molar-refractivity contribution in [3.8, 4) is 17.1 Å². The summed E-state index contributed by atoms with van der Waals surface area (Å²) in [5, 5.41) is 4.02. The molecule has 3 rings (SSSR count). The highest BCUT2D eigenvalue weighted by Crippen LogP contribution is 2.27. The van der Waals surface area contributed by atoms with Crippen LogP contribution in [-0.2, 0) is 13.7 Å². The molecular weight excluding hydrogens is 287 g/mol. The Hall–Kier alpha value is -2.89. The number of ether oxygens (including phenoxy) is 1. The second-order valence-electron chi connectivity index (χ2n) is 4.70. The average molecular weight is 300 g/mol. The van der Waals surface area contributed by atoms with E-state index in [1.54, 1.807) is 36.1 Å². The summed E-state index contributed by atoms with van der Waals surface area (Å²) in [6.07, 6.45) is 2.25. The molecule has 0 aliphatic heterocycles. The molecule has 5 nitrogen and oxygen atoms in total. The standard InChI is InChI=1S/C16H13FN2O3/c1-19-12(6-7-18-19)10-21-16-4-2-11(8-14(16)17)15-5-3-13(9-20)22-15/h2-9H,10H2,1H3. The lowest BCUT2D eigenvalue weighted by Crippen LogP contribution is -2.03. The summed E-state index contributed by atoms with van der Waals surface area (Å²) >= 11 is 0. The Morgan fingerprint density at radius 2 is 2.18 bits per heavy atom. The number of hydrogen-bond donors (Lipinski definition) is 0. The van der Waals surface area contributed by atoms with Crippen LogP contribution < -0.4 is 4.74 Å². The van der Waals surface area contributed by atoms with Crippen LogP contribution in [0, 0.1) is 5.82 Å². The number of nitrogens with zero attached hydrogens (tertiary/aromatic N) is 2. The van der Waals surface area contributed by atoms with E-state index in [4.69, 9.17) is 9.15 Å². The SMILES string of the molecule is Cn1nccc1COc1ccc(-c2ccc(C=O)o2)cc1F. The average Bonchev–Trinajstić information content (AvgIpc) is 3.15. The van der Waals surface area contributed by atoms with Gasteiger partial charge in [0.1, 0.15) is 12.4 Å². The number of hydrogen-bond acceptors (Lipinski definition) is 4. The summed E-state index contributed by atoms with van der Waals surface area (Å²) in [7, 11) is 1.79. The van der Waals surface area contributed by atoms with Crippen molar-refractivity contribution in [3.05, 3.63) is 59.9 Å². The summed E-state index contributed by atoms with van der Waals surface area (Å²) in [6.45, 7) is 0.225. The van der Waals surface area contributed by atoms with Crippen LogP contribution in [0.2, 0.25) is 0 Å². The highest BCUT2D eigenvalue weighted by molar-refractivity contribution is 5.72. The van der Waals surface area contributed by atoms with Crippen LogP contribution in [0.15, 0.2) is 47.0 Å². The number of aldehydes is 1. The molecular formula is C16H13FN2O3. The summed E-state index contributed by atoms with van der Waals surface area (Å²) in [5.41, 5.74) is 1.38. The van der Waals surface area contributed by atoms with Crippen molar-refractivity contribution in [3.63, 3.8) is 0 Å². The first kappa shape index (κ1) is 14.1. The molecule has 22 heavy (non-hydrogen) atoms. The lowest BCUT2D eigenvalue weighted by atomic mass is 10.1. The largest absolute Gasteiger partial charge is 0.484 e. The van der Waals surface area contributed by atoms with Crippen LogP contribution >= 0.6 is 0 Å². The van der Waals surface area contributed by atoms with E-state index in [-0.39, 0.29) is 18.1 Å². The van der Waals surface area contributed by atoms with Crippen molar-refractivity contribution in [1.82, 2.24) is 9.78 Å². The molecule has 0 spiro atoms. The van der Waals surface area contributed by atoms with E-state index in [0.717, 1.165) is 5.69 Å². The second-order valence-corrected chi connectivity index (χ2v) is 4.70. The summed E-state index contributed by atoms with van der Waals surface area (Å²) in [5.74, 6) is 0.280. The predicted octanol–water partition coefficient (Wildman–Crippen LogP) is 3.21. The number of carbonyl (C=O) groups excluding carboxylic acids is 1. The number of halogens is 1. The minimum Gasteiger partial charge on any atom is -0.484 e. The number of aryl methyl sites for hydroxylation is 1. The Morgan fingerprint density at radius 1 is 1.32 bits per heavy atom. The molecule has 0 N–H and O–H groups in total. The van der Waals surface area contributed by atoms with Crippen LogP contribution in [-0.4, -0.2) is 16.1 Å². The zero-order valence-electron chi connectivity index (χ0n) is 11.8. The van der Waals surface area contributed by atoms with E-state index >= 15 is 0 Å². The van der Waals surface area contributed by atoms with Crippen LogP contribution in [0.1, 0.15) is 16.2 Å². The summed E-state index contributed by atoms with van der Waals surface area (Å²) < 4.78 is 26.5. The number of rotatable bonds is 5. The van der Waals surface area contributed by atoms with Crippen LogP contribution in [0.5, 0.6) is 5.75 Å². The minimum atomic E-state index is -0.497. The molecule has 2 heterocycles. The van der Waals surface area contributed by atoms with Gasteiger partial charge in [-0.25, -0.2) is 4.39 Å². The zero-order valence-corrected chi connectivity index (χ0v) is 11.8. The minimum absolute atomic E-state index is 0.145. The van der Waals surface area contributed by atoms with Gasteiger partial charge in [0.15, 0.2) is 23.6 Å². The smallest absolute Gasteiger partial charge is 0.185 e. The van der Waals surface area contributed by atoms with E-state index in [1.165, 1.54) is 18.2 Å². The van der Waals surface area contributed by atoms with Gasteiger partial charge in [-0.3, -0.25) is 9.48 Å². The highest BCUT2D eigenvalue weighted by Gasteiger charge is 2.10. The lowest BCUT2D eigenvalue weighted by Gasteiger charge is -2.08. The number of carbonyl (C=O) groups is 1. The molecule has 0 aliphatic rings. The highest BCUT2D eigenvalue weighted by atomic mass is 19.1. The van der Waals surface area contributed by atoms with Gasteiger partial charge in [0, 0.05) is 18.8 Å². The molecule has 0 amide bonds. The molecule has 6 heteroatoms. The number of furan rings is 1. The molecule has 1 aromatic carbocycles. The molecule has 0 fully saturated rings. The molecule has 3 aromatic rings. The van der Waals surface area contributed by atoms with Crippen molar-refractivity contribution >= 4 is 6.29 Å². The maximum Gasteiger partial charge on any atom is 0.185 e. The second kappa shape index (κ2) is 5.85. The van der Waals surface area contributed by atoms with E-state index < -0.39 is 5.82 Å². The van der Waals surface area contributed by atoms with Crippen LogP contribution in [0.3, 0.4) is 0 Å². The molecule has 0 radical (unpaired) electrons.